The first-order valence-corrected chi connectivity index (χ1v) is 8.40. The zero-order chi connectivity index (χ0) is 14.6. The highest BCUT2D eigenvalue weighted by Gasteiger charge is 2.54. The molecule has 3 N–H and O–H groups in total. The molecule has 4 unspecified atom stereocenters. The van der Waals surface area contributed by atoms with Gasteiger partial charge in [-0.3, -0.25) is 0 Å². The van der Waals surface area contributed by atoms with Crippen LogP contribution in [0, 0.1) is 17.3 Å². The van der Waals surface area contributed by atoms with E-state index in [1.165, 1.54) is 19.3 Å². The van der Waals surface area contributed by atoms with Crippen LogP contribution in [0.3, 0.4) is 0 Å². The van der Waals surface area contributed by atoms with Gasteiger partial charge < -0.3 is 20.3 Å². The Labute approximate surface area is 132 Å². The minimum Gasteiger partial charge on any atom is -0.454 e. The Morgan fingerprint density at radius 2 is 2.24 bits per heavy atom. The predicted octanol–water partition coefficient (Wildman–Crippen LogP) is 2.98. The quantitative estimate of drug-likeness (QED) is 0.876. The number of halogens is 1. The van der Waals surface area contributed by atoms with E-state index in [2.05, 4.69) is 15.9 Å². The molecule has 1 aromatic carbocycles. The van der Waals surface area contributed by atoms with E-state index < -0.39 is 6.10 Å². The molecule has 4 nitrogen and oxygen atoms in total. The number of fused-ring (bicyclic) bond motifs is 3. The number of ether oxygens (including phenoxy) is 2. The smallest absolute Gasteiger partial charge is 0.231 e. The van der Waals surface area contributed by atoms with Gasteiger partial charge in [0.2, 0.25) is 6.79 Å². The van der Waals surface area contributed by atoms with E-state index in [0.717, 1.165) is 28.1 Å². The maximum absolute atomic E-state index is 11.1. The SMILES string of the molecule is NCC1(C(O)c2cc(Br)c3c(c2)OCO3)CC2CCC1C2. The molecule has 114 valence electrons. The second kappa shape index (κ2) is 4.86. The summed E-state index contributed by atoms with van der Waals surface area (Å²) in [6, 6.07) is 3.85. The minimum absolute atomic E-state index is 0.171. The van der Waals surface area contributed by atoms with Crippen molar-refractivity contribution in [2.24, 2.45) is 23.0 Å². The van der Waals surface area contributed by atoms with Gasteiger partial charge in [0.1, 0.15) is 0 Å². The van der Waals surface area contributed by atoms with Gasteiger partial charge in [-0.1, -0.05) is 6.42 Å². The molecule has 0 radical (unpaired) electrons. The van der Waals surface area contributed by atoms with E-state index in [1.54, 1.807) is 0 Å². The molecule has 3 aliphatic rings. The zero-order valence-corrected chi connectivity index (χ0v) is 13.4. The van der Waals surface area contributed by atoms with Gasteiger partial charge in [0.25, 0.3) is 0 Å². The molecule has 5 heteroatoms. The average Bonchev–Trinajstić information content (AvgIpc) is 3.20. The van der Waals surface area contributed by atoms with Crippen LogP contribution in [0.4, 0.5) is 0 Å². The fourth-order valence-corrected chi connectivity index (χ4v) is 5.23. The Kier molecular flexibility index (Phi) is 3.21. The molecular weight excluding hydrogens is 334 g/mol. The summed E-state index contributed by atoms with van der Waals surface area (Å²) in [7, 11) is 0. The lowest BCUT2D eigenvalue weighted by Gasteiger charge is -2.41. The largest absolute Gasteiger partial charge is 0.454 e. The number of aliphatic hydroxyl groups is 1. The first-order chi connectivity index (χ1) is 10.1. The van der Waals surface area contributed by atoms with E-state index in [1.807, 2.05) is 12.1 Å². The van der Waals surface area contributed by atoms with Crippen molar-refractivity contribution in [1.29, 1.82) is 0 Å². The first kappa shape index (κ1) is 13.9. The second-order valence-electron chi connectivity index (χ2n) is 6.66. The summed E-state index contributed by atoms with van der Waals surface area (Å²) in [5.74, 6) is 2.71. The molecule has 0 aromatic heterocycles. The van der Waals surface area contributed by atoms with Crippen molar-refractivity contribution in [3.05, 3.63) is 22.2 Å². The van der Waals surface area contributed by atoms with E-state index in [4.69, 9.17) is 15.2 Å². The lowest BCUT2D eigenvalue weighted by atomic mass is 9.67. The summed E-state index contributed by atoms with van der Waals surface area (Å²) in [4.78, 5) is 0. The maximum Gasteiger partial charge on any atom is 0.231 e. The topological polar surface area (TPSA) is 64.7 Å². The molecule has 4 atom stereocenters. The number of aliphatic hydroxyl groups excluding tert-OH is 1. The summed E-state index contributed by atoms with van der Waals surface area (Å²) < 4.78 is 11.7. The van der Waals surface area contributed by atoms with Crippen LogP contribution in [0.25, 0.3) is 0 Å². The summed E-state index contributed by atoms with van der Waals surface area (Å²) in [5, 5.41) is 11.1. The van der Waals surface area contributed by atoms with Gasteiger partial charge >= 0.3 is 0 Å². The fraction of sp³-hybridized carbons (Fsp3) is 0.625. The molecule has 21 heavy (non-hydrogen) atoms. The highest BCUT2D eigenvalue weighted by molar-refractivity contribution is 9.10. The van der Waals surface area contributed by atoms with Crippen LogP contribution in [0.15, 0.2) is 16.6 Å². The number of hydrogen-bond donors (Lipinski definition) is 2. The van der Waals surface area contributed by atoms with E-state index in [0.29, 0.717) is 18.2 Å². The van der Waals surface area contributed by atoms with Crippen molar-refractivity contribution in [3.8, 4) is 11.5 Å². The highest BCUT2D eigenvalue weighted by Crippen LogP contribution is 2.61. The Morgan fingerprint density at radius 3 is 2.90 bits per heavy atom. The van der Waals surface area contributed by atoms with Crippen molar-refractivity contribution in [2.75, 3.05) is 13.3 Å². The van der Waals surface area contributed by atoms with Gasteiger partial charge in [-0.25, -0.2) is 0 Å². The van der Waals surface area contributed by atoms with Crippen molar-refractivity contribution in [2.45, 2.75) is 31.8 Å². The number of rotatable bonds is 3. The summed E-state index contributed by atoms with van der Waals surface area (Å²) >= 11 is 3.51. The van der Waals surface area contributed by atoms with Crippen LogP contribution >= 0.6 is 15.9 Å². The molecule has 2 bridgehead atoms. The zero-order valence-electron chi connectivity index (χ0n) is 11.8. The Morgan fingerprint density at radius 1 is 1.38 bits per heavy atom. The molecular formula is C16H20BrNO3. The van der Waals surface area contributed by atoms with Crippen LogP contribution in [0.1, 0.15) is 37.4 Å². The number of hydrogen-bond acceptors (Lipinski definition) is 4. The molecule has 0 amide bonds. The Balaban J connectivity index is 1.71. The molecule has 0 spiro atoms. The van der Waals surface area contributed by atoms with Gasteiger partial charge in [0.05, 0.1) is 10.6 Å². The third-order valence-corrected chi connectivity index (χ3v) is 6.30. The van der Waals surface area contributed by atoms with Crippen LogP contribution in [0.5, 0.6) is 11.5 Å². The fourth-order valence-electron chi connectivity index (χ4n) is 4.66. The number of nitrogens with two attached hydrogens (primary N) is 1. The Hall–Kier alpha value is -0.780. The first-order valence-electron chi connectivity index (χ1n) is 7.61. The van der Waals surface area contributed by atoms with Crippen LogP contribution in [0.2, 0.25) is 0 Å². The molecule has 1 heterocycles. The average molecular weight is 354 g/mol. The highest BCUT2D eigenvalue weighted by atomic mass is 79.9. The lowest BCUT2D eigenvalue weighted by molar-refractivity contribution is -0.0131. The van der Waals surface area contributed by atoms with Crippen LogP contribution in [-0.2, 0) is 0 Å². The van der Waals surface area contributed by atoms with E-state index in [-0.39, 0.29) is 12.2 Å². The van der Waals surface area contributed by atoms with Crippen molar-refractivity contribution < 1.29 is 14.6 Å². The third kappa shape index (κ3) is 1.94. The molecule has 2 fully saturated rings. The number of benzene rings is 1. The normalized spacial score (nSPS) is 34.4. The van der Waals surface area contributed by atoms with Gasteiger partial charge in [-0.2, -0.15) is 0 Å². The van der Waals surface area contributed by atoms with Crippen molar-refractivity contribution in [3.63, 3.8) is 0 Å². The maximum atomic E-state index is 11.1. The molecule has 2 saturated carbocycles. The summed E-state index contributed by atoms with van der Waals surface area (Å²) in [6.07, 6.45) is 4.22. The summed E-state index contributed by atoms with van der Waals surface area (Å²) in [6.45, 7) is 0.779. The molecule has 0 saturated heterocycles. The van der Waals surface area contributed by atoms with Gasteiger partial charge in [-0.05, 0) is 64.7 Å². The minimum atomic E-state index is -0.538. The van der Waals surface area contributed by atoms with Crippen molar-refractivity contribution >= 4 is 15.9 Å². The Bertz CT molecular complexity index is 579. The second-order valence-corrected chi connectivity index (χ2v) is 7.51. The van der Waals surface area contributed by atoms with E-state index in [9.17, 15) is 5.11 Å². The third-order valence-electron chi connectivity index (χ3n) is 5.71. The van der Waals surface area contributed by atoms with Crippen LogP contribution < -0.4 is 15.2 Å². The summed E-state index contributed by atoms with van der Waals surface area (Å²) in [5.41, 5.74) is 6.83. The molecule has 2 aliphatic carbocycles. The van der Waals surface area contributed by atoms with E-state index >= 15 is 0 Å². The van der Waals surface area contributed by atoms with Gasteiger partial charge in [-0.15, -0.1) is 0 Å². The van der Waals surface area contributed by atoms with Gasteiger partial charge in [0, 0.05) is 12.0 Å². The molecule has 1 aromatic rings. The molecule has 4 rings (SSSR count). The predicted molar refractivity (Wildman–Crippen MR) is 82.2 cm³/mol. The molecule has 1 aliphatic heterocycles. The monoisotopic (exact) mass is 353 g/mol. The van der Waals surface area contributed by atoms with Gasteiger partial charge in [0.15, 0.2) is 11.5 Å². The van der Waals surface area contributed by atoms with Crippen molar-refractivity contribution in [1.82, 2.24) is 0 Å². The van der Waals surface area contributed by atoms with Crippen LogP contribution in [-0.4, -0.2) is 18.4 Å². The standard InChI is InChI=1S/C16H20BrNO3/c17-12-4-10(5-13-14(12)21-8-20-13)15(19)16(7-18)6-9-1-2-11(16)3-9/h4-5,9,11,15,19H,1-3,6-8,18H2. The lowest BCUT2D eigenvalue weighted by Crippen LogP contribution is -2.41.